The molecule has 12 heteroatoms. The molecule has 2 unspecified atom stereocenters. The normalized spacial score (nSPS) is 13.2. The first-order chi connectivity index (χ1) is 15.5. The number of carboxylic acid groups (broad SMARTS) is 2. The molecule has 0 heterocycles. The minimum absolute atomic E-state index is 0.0750. The summed E-state index contributed by atoms with van der Waals surface area (Å²) >= 11 is 2.60. The summed E-state index contributed by atoms with van der Waals surface area (Å²) in [5.41, 5.74) is 2.47. The van der Waals surface area contributed by atoms with Crippen molar-refractivity contribution in [3.8, 4) is 0 Å². The molecule has 0 radical (unpaired) electrons. The second-order valence-corrected chi connectivity index (χ2v) is 11.2. The van der Waals surface area contributed by atoms with Crippen LogP contribution in [0.2, 0.25) is 0 Å². The SMILES string of the molecule is CC(C)SC(CC(=O)O)C(=O)CCCOCCOCCNOC(=O)C(CC(=O)O)SC(C)C. The second kappa shape index (κ2) is 19.0. The van der Waals surface area contributed by atoms with Crippen molar-refractivity contribution >= 4 is 47.2 Å². The Balaban J connectivity index is 3.83. The van der Waals surface area contributed by atoms with Gasteiger partial charge in [0.1, 0.15) is 11.0 Å². The molecule has 10 nitrogen and oxygen atoms in total. The maximum Gasteiger partial charge on any atom is 0.338 e. The first-order valence-electron chi connectivity index (χ1n) is 10.9. The number of carboxylic acids is 2. The number of ketones is 1. The number of rotatable bonds is 21. The fourth-order valence-corrected chi connectivity index (χ4v) is 4.75. The van der Waals surface area contributed by atoms with Crippen LogP contribution >= 0.6 is 23.5 Å². The fourth-order valence-electron chi connectivity index (χ4n) is 2.53. The zero-order valence-corrected chi connectivity index (χ0v) is 21.4. The molecular formula is C21H37NO9S2. The van der Waals surface area contributed by atoms with E-state index in [2.05, 4.69) is 5.48 Å². The average molecular weight is 512 g/mol. The molecule has 0 aliphatic carbocycles. The van der Waals surface area contributed by atoms with Crippen molar-refractivity contribution in [2.75, 3.05) is 33.0 Å². The molecule has 0 aliphatic heterocycles. The van der Waals surface area contributed by atoms with Gasteiger partial charge in [0.05, 0.1) is 44.5 Å². The highest BCUT2D eigenvalue weighted by Gasteiger charge is 2.25. The number of thioether (sulfide) groups is 2. The Bertz CT molecular complexity index is 552. The zero-order valence-electron chi connectivity index (χ0n) is 19.7. The van der Waals surface area contributed by atoms with Crippen molar-refractivity contribution in [3.63, 3.8) is 0 Å². The Hall–Kier alpha value is -1.34. The maximum absolute atomic E-state index is 12.2. The van der Waals surface area contributed by atoms with Crippen LogP contribution in [0.25, 0.3) is 0 Å². The van der Waals surface area contributed by atoms with Gasteiger partial charge in [-0.2, -0.15) is 5.48 Å². The largest absolute Gasteiger partial charge is 0.481 e. The van der Waals surface area contributed by atoms with E-state index in [1.165, 1.54) is 23.5 Å². The number of aliphatic carboxylic acids is 2. The molecule has 0 aliphatic rings. The summed E-state index contributed by atoms with van der Waals surface area (Å²) in [6, 6.07) is 0. The van der Waals surface area contributed by atoms with Gasteiger partial charge in [0.25, 0.3) is 0 Å². The van der Waals surface area contributed by atoms with Crippen molar-refractivity contribution in [3.05, 3.63) is 0 Å². The molecule has 192 valence electrons. The standard InChI is InChI=1S/C21H37NO9S2/c1-14(2)32-17(12-19(24)25)16(23)6-5-8-29-10-11-30-9-7-22-31-21(28)18(13-20(26)27)33-15(3)4/h14-15,17-18,22H,5-13H2,1-4H3,(H,24,25)(H,26,27). The van der Waals surface area contributed by atoms with Crippen LogP contribution in [0.3, 0.4) is 0 Å². The maximum atomic E-state index is 12.2. The number of carbonyl (C=O) groups excluding carboxylic acids is 2. The summed E-state index contributed by atoms with van der Waals surface area (Å²) < 4.78 is 10.8. The molecule has 33 heavy (non-hydrogen) atoms. The third kappa shape index (κ3) is 18.7. The third-order valence-corrected chi connectivity index (χ3v) is 6.35. The number of nitrogens with one attached hydrogen (secondary N) is 1. The number of hydroxylamine groups is 1. The van der Waals surface area contributed by atoms with E-state index in [1.807, 2.05) is 27.7 Å². The lowest BCUT2D eigenvalue weighted by Gasteiger charge is -2.16. The van der Waals surface area contributed by atoms with Crippen LogP contribution in [-0.4, -0.2) is 87.9 Å². The molecule has 0 saturated heterocycles. The number of carbonyl (C=O) groups is 4. The Morgan fingerprint density at radius 1 is 0.788 bits per heavy atom. The topological polar surface area (TPSA) is 148 Å². The molecular weight excluding hydrogens is 474 g/mol. The van der Waals surface area contributed by atoms with Crippen molar-refractivity contribution in [2.24, 2.45) is 0 Å². The van der Waals surface area contributed by atoms with E-state index in [0.717, 1.165) is 0 Å². The van der Waals surface area contributed by atoms with E-state index in [-0.39, 0.29) is 48.7 Å². The van der Waals surface area contributed by atoms with Crippen molar-refractivity contribution in [1.29, 1.82) is 0 Å². The molecule has 0 rings (SSSR count). The van der Waals surface area contributed by atoms with E-state index < -0.39 is 28.4 Å². The van der Waals surface area contributed by atoms with Gasteiger partial charge in [-0.05, 0) is 16.9 Å². The van der Waals surface area contributed by atoms with Crippen LogP contribution in [-0.2, 0) is 33.5 Å². The fraction of sp³-hybridized carbons (Fsp3) is 0.810. The molecule has 0 saturated carbocycles. The average Bonchev–Trinajstić information content (AvgIpc) is 2.69. The highest BCUT2D eigenvalue weighted by atomic mass is 32.2. The van der Waals surface area contributed by atoms with Gasteiger partial charge >= 0.3 is 17.9 Å². The summed E-state index contributed by atoms with van der Waals surface area (Å²) in [5, 5.41) is 16.8. The summed E-state index contributed by atoms with van der Waals surface area (Å²) in [5.74, 6) is -2.75. The summed E-state index contributed by atoms with van der Waals surface area (Å²) in [6.07, 6.45) is 0.304. The Kier molecular flexibility index (Phi) is 18.2. The van der Waals surface area contributed by atoms with Crippen molar-refractivity contribution in [1.82, 2.24) is 5.48 Å². The van der Waals surface area contributed by atoms with Gasteiger partial charge in [0.15, 0.2) is 0 Å². The minimum Gasteiger partial charge on any atom is -0.481 e. The first-order valence-corrected chi connectivity index (χ1v) is 12.8. The van der Waals surface area contributed by atoms with E-state index in [1.54, 1.807) is 0 Å². The smallest absolute Gasteiger partial charge is 0.338 e. The first kappa shape index (κ1) is 31.7. The van der Waals surface area contributed by atoms with Crippen LogP contribution in [0.1, 0.15) is 53.4 Å². The number of hydrogen-bond donors (Lipinski definition) is 3. The molecule has 0 fully saturated rings. The van der Waals surface area contributed by atoms with E-state index in [9.17, 15) is 19.2 Å². The third-order valence-electron chi connectivity index (χ3n) is 3.82. The minimum atomic E-state index is -1.06. The number of Topliss-reactive ketones (excluding diaryl/α,β-unsaturated/α-hetero) is 1. The summed E-state index contributed by atoms with van der Waals surface area (Å²) in [4.78, 5) is 50.9. The monoisotopic (exact) mass is 511 g/mol. The Labute approximate surface area is 203 Å². The van der Waals surface area contributed by atoms with Gasteiger partial charge in [-0.15, -0.1) is 23.5 Å². The van der Waals surface area contributed by atoms with Crippen molar-refractivity contribution < 1.29 is 43.7 Å². The zero-order chi connectivity index (χ0) is 25.2. The van der Waals surface area contributed by atoms with Crippen LogP contribution in [0, 0.1) is 0 Å². The number of hydrogen-bond acceptors (Lipinski definition) is 10. The van der Waals surface area contributed by atoms with Gasteiger partial charge in [-0.25, -0.2) is 4.79 Å². The number of ether oxygens (including phenoxy) is 2. The molecule has 0 spiro atoms. The van der Waals surface area contributed by atoms with Crippen molar-refractivity contribution in [2.45, 2.75) is 74.4 Å². The molecule has 0 aromatic carbocycles. The van der Waals surface area contributed by atoms with Gasteiger partial charge in [-0.1, -0.05) is 27.7 Å². The lowest BCUT2D eigenvalue weighted by atomic mass is 10.1. The van der Waals surface area contributed by atoms with E-state index in [0.29, 0.717) is 26.2 Å². The second-order valence-electron chi connectivity index (χ2n) is 7.65. The van der Waals surface area contributed by atoms with E-state index in [4.69, 9.17) is 24.5 Å². The van der Waals surface area contributed by atoms with Gasteiger partial charge in [-0.3, -0.25) is 14.4 Å². The lowest BCUT2D eigenvalue weighted by molar-refractivity contribution is -0.153. The van der Waals surface area contributed by atoms with Crippen LogP contribution in [0.5, 0.6) is 0 Å². The summed E-state index contributed by atoms with van der Waals surface area (Å²) in [6.45, 7) is 9.12. The van der Waals surface area contributed by atoms with E-state index >= 15 is 0 Å². The van der Waals surface area contributed by atoms with Gasteiger partial charge in [0, 0.05) is 13.0 Å². The molecule has 0 bridgehead atoms. The molecule has 0 amide bonds. The highest BCUT2D eigenvalue weighted by molar-refractivity contribution is 8.01. The van der Waals surface area contributed by atoms with Gasteiger partial charge < -0.3 is 24.5 Å². The van der Waals surface area contributed by atoms with Crippen LogP contribution in [0.4, 0.5) is 0 Å². The lowest BCUT2D eigenvalue weighted by Crippen LogP contribution is -2.32. The van der Waals surface area contributed by atoms with Crippen LogP contribution < -0.4 is 5.48 Å². The van der Waals surface area contributed by atoms with Gasteiger partial charge in [0.2, 0.25) is 0 Å². The van der Waals surface area contributed by atoms with Crippen LogP contribution in [0.15, 0.2) is 0 Å². The molecule has 2 atom stereocenters. The predicted molar refractivity (Wildman–Crippen MR) is 128 cm³/mol. The highest BCUT2D eigenvalue weighted by Crippen LogP contribution is 2.23. The molecule has 0 aromatic heterocycles. The Morgan fingerprint density at radius 3 is 1.85 bits per heavy atom. The molecule has 0 aromatic rings. The molecule has 3 N–H and O–H groups in total. The predicted octanol–water partition coefficient (Wildman–Crippen LogP) is 2.39. The Morgan fingerprint density at radius 2 is 1.30 bits per heavy atom. The quantitative estimate of drug-likeness (QED) is 0.153. The summed E-state index contributed by atoms with van der Waals surface area (Å²) in [7, 11) is 0.